The van der Waals surface area contributed by atoms with E-state index in [2.05, 4.69) is 45.1 Å². The first kappa shape index (κ1) is 19.7. The number of carboxylic acid groups (broad SMARTS) is 1. The Labute approximate surface area is 167 Å². The van der Waals surface area contributed by atoms with Gasteiger partial charge in [-0.05, 0) is 41.5 Å². The molecule has 0 fully saturated rings. The number of benzene rings is 1. The summed E-state index contributed by atoms with van der Waals surface area (Å²) in [4.78, 5) is 21.4. The van der Waals surface area contributed by atoms with E-state index < -0.39 is 11.4 Å². The molecular weight excluding hydrogens is 382 g/mol. The first-order chi connectivity index (χ1) is 12.8. The topological polar surface area (TPSA) is 68.0 Å². The van der Waals surface area contributed by atoms with Gasteiger partial charge in [0.1, 0.15) is 11.0 Å². The highest BCUT2D eigenvalue weighted by Crippen LogP contribution is 2.28. The average Bonchev–Trinajstić information content (AvgIpc) is 2.90. The van der Waals surface area contributed by atoms with Gasteiger partial charge in [0.15, 0.2) is 5.65 Å². The fourth-order valence-electron chi connectivity index (χ4n) is 3.16. The minimum absolute atomic E-state index is 0.0762. The Balaban J connectivity index is 2.01. The predicted octanol–water partition coefficient (Wildman–Crippen LogP) is 4.90. The van der Waals surface area contributed by atoms with Gasteiger partial charge in [0, 0.05) is 17.9 Å². The van der Waals surface area contributed by atoms with Crippen LogP contribution >= 0.6 is 23.4 Å². The lowest BCUT2D eigenvalue weighted by Gasteiger charge is -2.22. The molecule has 0 aliphatic carbocycles. The predicted molar refractivity (Wildman–Crippen MR) is 110 cm³/mol. The number of halogens is 1. The van der Waals surface area contributed by atoms with Crippen molar-refractivity contribution in [2.24, 2.45) is 5.41 Å². The van der Waals surface area contributed by atoms with Crippen LogP contribution in [0, 0.1) is 5.41 Å². The number of aromatic nitrogens is 3. The molecule has 7 heteroatoms. The van der Waals surface area contributed by atoms with E-state index in [-0.39, 0.29) is 6.42 Å². The van der Waals surface area contributed by atoms with Crippen LogP contribution in [0.1, 0.15) is 31.7 Å². The maximum absolute atomic E-state index is 11.2. The maximum atomic E-state index is 11.2. The van der Waals surface area contributed by atoms with E-state index in [9.17, 15) is 9.90 Å². The maximum Gasteiger partial charge on any atom is 0.303 e. The van der Waals surface area contributed by atoms with Gasteiger partial charge in [-0.2, -0.15) is 0 Å². The second-order valence-electron chi connectivity index (χ2n) is 7.35. The molecule has 1 aromatic carbocycles. The van der Waals surface area contributed by atoms with E-state index in [1.165, 1.54) is 4.90 Å². The molecule has 1 N–H and O–H groups in total. The van der Waals surface area contributed by atoms with E-state index in [0.717, 1.165) is 16.9 Å². The summed E-state index contributed by atoms with van der Waals surface area (Å²) < 4.78 is 2.11. The summed E-state index contributed by atoms with van der Waals surface area (Å²) >= 11 is 7.74. The van der Waals surface area contributed by atoms with Crippen molar-refractivity contribution in [2.45, 2.75) is 38.1 Å². The number of hydrogen-bond acceptors (Lipinski definition) is 4. The molecule has 0 saturated heterocycles. The van der Waals surface area contributed by atoms with Crippen LogP contribution in [0.4, 0.5) is 0 Å². The number of rotatable bonds is 7. The van der Waals surface area contributed by atoms with Gasteiger partial charge in [0.25, 0.3) is 0 Å². The lowest BCUT2D eigenvalue weighted by molar-refractivity contribution is -0.139. The van der Waals surface area contributed by atoms with Gasteiger partial charge in [-0.1, -0.05) is 37.6 Å². The van der Waals surface area contributed by atoms with Gasteiger partial charge in [-0.3, -0.25) is 4.79 Å². The molecule has 0 aliphatic heterocycles. The fraction of sp³-hybridized carbons (Fsp3) is 0.350. The van der Waals surface area contributed by atoms with Crippen LogP contribution in [0.5, 0.6) is 0 Å². The van der Waals surface area contributed by atoms with Crippen molar-refractivity contribution in [3.05, 3.63) is 52.9 Å². The minimum atomic E-state index is -0.809. The number of pyridine rings is 1. The average molecular weight is 404 g/mol. The third kappa shape index (κ3) is 4.82. The largest absolute Gasteiger partial charge is 0.481 e. The number of imidazole rings is 1. The molecule has 5 nitrogen and oxygen atoms in total. The quantitative estimate of drug-likeness (QED) is 0.449. The smallest absolute Gasteiger partial charge is 0.303 e. The lowest BCUT2D eigenvalue weighted by atomic mass is 9.85. The Kier molecular flexibility index (Phi) is 5.77. The Hall–Kier alpha value is -2.05. The van der Waals surface area contributed by atoms with E-state index >= 15 is 0 Å². The molecule has 3 aromatic rings. The number of carbonyl (C=O) groups is 1. The molecule has 27 heavy (non-hydrogen) atoms. The van der Waals surface area contributed by atoms with Crippen molar-refractivity contribution in [1.82, 2.24) is 14.5 Å². The van der Waals surface area contributed by atoms with Gasteiger partial charge in [-0.15, -0.1) is 11.8 Å². The molecule has 0 bridgehead atoms. The van der Waals surface area contributed by atoms with Gasteiger partial charge in [0.2, 0.25) is 0 Å². The second kappa shape index (κ2) is 7.90. The van der Waals surface area contributed by atoms with Gasteiger partial charge in [-0.25, -0.2) is 9.97 Å². The van der Waals surface area contributed by atoms with Gasteiger partial charge in [0.05, 0.1) is 11.9 Å². The molecule has 0 spiro atoms. The molecule has 2 aromatic heterocycles. The molecule has 0 radical (unpaired) electrons. The minimum Gasteiger partial charge on any atom is -0.481 e. The SMILES string of the molecule is CSc1ccc(Cn2c(CC(C)(C)CC(=O)O)nc3nc(Cl)ccc32)cc1. The molecule has 2 heterocycles. The molecule has 0 atom stereocenters. The molecule has 0 unspecified atom stereocenters. The zero-order chi connectivity index (χ0) is 19.6. The van der Waals surface area contributed by atoms with Crippen LogP contribution in [0.15, 0.2) is 41.3 Å². The second-order valence-corrected chi connectivity index (χ2v) is 8.62. The monoisotopic (exact) mass is 403 g/mol. The van der Waals surface area contributed by atoms with Gasteiger partial charge >= 0.3 is 5.97 Å². The summed E-state index contributed by atoms with van der Waals surface area (Å²) in [6.07, 6.45) is 2.67. The Morgan fingerprint density at radius 1 is 1.19 bits per heavy atom. The Morgan fingerprint density at radius 3 is 2.52 bits per heavy atom. The number of thioether (sulfide) groups is 1. The summed E-state index contributed by atoms with van der Waals surface area (Å²) in [5, 5.41) is 9.59. The van der Waals surface area contributed by atoms with Gasteiger partial charge < -0.3 is 9.67 Å². The molecule has 0 amide bonds. The Morgan fingerprint density at radius 2 is 1.89 bits per heavy atom. The summed E-state index contributed by atoms with van der Waals surface area (Å²) in [6.45, 7) is 4.53. The number of nitrogens with zero attached hydrogens (tertiary/aromatic N) is 3. The van der Waals surface area contributed by atoms with Crippen LogP contribution in [0.25, 0.3) is 11.2 Å². The third-order valence-corrected chi connectivity index (χ3v) is 5.38. The standard InChI is InChI=1S/C20H22ClN3O2S/c1-20(2,11-18(25)26)10-17-23-19-15(8-9-16(21)22-19)24(17)12-13-4-6-14(27-3)7-5-13/h4-9H,10-12H2,1-3H3,(H,25,26). The van der Waals surface area contributed by atoms with Crippen LogP contribution in [0.3, 0.4) is 0 Å². The van der Waals surface area contributed by atoms with Crippen molar-refractivity contribution in [3.63, 3.8) is 0 Å². The van der Waals surface area contributed by atoms with Crippen molar-refractivity contribution in [1.29, 1.82) is 0 Å². The highest BCUT2D eigenvalue weighted by Gasteiger charge is 2.26. The lowest BCUT2D eigenvalue weighted by Crippen LogP contribution is -2.22. The third-order valence-electron chi connectivity index (χ3n) is 4.42. The van der Waals surface area contributed by atoms with Crippen molar-refractivity contribution < 1.29 is 9.90 Å². The van der Waals surface area contributed by atoms with E-state index in [4.69, 9.17) is 11.6 Å². The molecule has 0 saturated carbocycles. The molecular formula is C20H22ClN3O2S. The first-order valence-electron chi connectivity index (χ1n) is 8.64. The normalized spacial score (nSPS) is 11.9. The van der Waals surface area contributed by atoms with Crippen molar-refractivity contribution >= 4 is 40.5 Å². The van der Waals surface area contributed by atoms with E-state index in [0.29, 0.717) is 23.8 Å². The summed E-state index contributed by atoms with van der Waals surface area (Å²) in [5.74, 6) is 0.0106. The molecule has 3 rings (SSSR count). The zero-order valence-electron chi connectivity index (χ0n) is 15.6. The summed E-state index contributed by atoms with van der Waals surface area (Å²) in [6, 6.07) is 12.1. The highest BCUT2D eigenvalue weighted by molar-refractivity contribution is 7.98. The van der Waals surface area contributed by atoms with E-state index in [1.54, 1.807) is 17.8 Å². The van der Waals surface area contributed by atoms with Crippen molar-refractivity contribution in [3.8, 4) is 0 Å². The fourth-order valence-corrected chi connectivity index (χ4v) is 3.71. The number of carboxylic acids is 1. The van der Waals surface area contributed by atoms with Crippen molar-refractivity contribution in [2.75, 3.05) is 6.26 Å². The van der Waals surface area contributed by atoms with Crippen LogP contribution in [-0.4, -0.2) is 31.9 Å². The van der Waals surface area contributed by atoms with E-state index in [1.807, 2.05) is 19.9 Å². The summed E-state index contributed by atoms with van der Waals surface area (Å²) in [5.41, 5.74) is 2.22. The Bertz CT molecular complexity index is 967. The van der Waals surface area contributed by atoms with Crippen LogP contribution in [-0.2, 0) is 17.8 Å². The number of hydrogen-bond donors (Lipinski definition) is 1. The number of aliphatic carboxylic acids is 1. The van der Waals surface area contributed by atoms with Crippen LogP contribution < -0.4 is 0 Å². The van der Waals surface area contributed by atoms with Crippen LogP contribution in [0.2, 0.25) is 5.15 Å². The molecule has 0 aliphatic rings. The summed E-state index contributed by atoms with van der Waals surface area (Å²) in [7, 11) is 0. The number of fused-ring (bicyclic) bond motifs is 1. The highest BCUT2D eigenvalue weighted by atomic mass is 35.5. The molecule has 142 valence electrons. The zero-order valence-corrected chi connectivity index (χ0v) is 17.1. The first-order valence-corrected chi connectivity index (χ1v) is 10.2.